The average molecular weight is 376 g/mol. The Labute approximate surface area is 156 Å². The van der Waals surface area contributed by atoms with Crippen molar-refractivity contribution in [2.45, 2.75) is 45.4 Å². The first-order valence-electron chi connectivity index (χ1n) is 8.78. The summed E-state index contributed by atoms with van der Waals surface area (Å²) in [5, 5.41) is 29.6. The van der Waals surface area contributed by atoms with Gasteiger partial charge < -0.3 is 30.1 Å². The van der Waals surface area contributed by atoms with Gasteiger partial charge in [0.2, 0.25) is 5.88 Å². The molecule has 1 aliphatic carbocycles. The van der Waals surface area contributed by atoms with E-state index in [4.69, 9.17) is 9.26 Å². The number of hydrogen-bond donors (Lipinski definition) is 4. The Morgan fingerprint density at radius 2 is 2.07 bits per heavy atom. The Morgan fingerprint density at radius 3 is 2.74 bits per heavy atom. The Bertz CT molecular complexity index is 789. The summed E-state index contributed by atoms with van der Waals surface area (Å²) in [6.07, 6.45) is -1.71. The number of rotatable bonds is 5. The van der Waals surface area contributed by atoms with E-state index in [9.17, 15) is 15.0 Å². The number of amides is 2. The Kier molecular flexibility index (Phi) is 5.62. The standard InChI is InChI=1S/C18H24N4O5/c1-9-5-4-6-14(19-9)26-8-12-7-13(17(24)16(12)23)20-18(25)21-15-10(2)22-27-11(15)3/h4-6,12-13,16-17,23-24H,7-8H2,1-3H3,(H2,20,21,25). The Morgan fingerprint density at radius 1 is 1.30 bits per heavy atom. The maximum absolute atomic E-state index is 12.2. The minimum absolute atomic E-state index is 0.193. The second kappa shape index (κ2) is 7.93. The fraction of sp³-hybridized carbons (Fsp3) is 0.500. The molecule has 4 atom stereocenters. The van der Waals surface area contributed by atoms with Crippen LogP contribution < -0.4 is 15.4 Å². The number of carbonyl (C=O) groups excluding carboxylic acids is 1. The molecule has 2 aromatic heterocycles. The van der Waals surface area contributed by atoms with E-state index < -0.39 is 24.3 Å². The van der Waals surface area contributed by atoms with E-state index in [0.29, 0.717) is 29.4 Å². The summed E-state index contributed by atoms with van der Waals surface area (Å²) in [4.78, 5) is 16.5. The van der Waals surface area contributed by atoms with E-state index in [0.717, 1.165) is 5.69 Å². The summed E-state index contributed by atoms with van der Waals surface area (Å²) in [5.74, 6) is 0.627. The number of aliphatic hydroxyl groups excluding tert-OH is 2. The van der Waals surface area contributed by atoms with E-state index in [-0.39, 0.29) is 12.5 Å². The predicted molar refractivity (Wildman–Crippen MR) is 96.5 cm³/mol. The van der Waals surface area contributed by atoms with Crippen LogP contribution >= 0.6 is 0 Å². The highest BCUT2D eigenvalue weighted by Gasteiger charge is 2.42. The molecule has 0 spiro atoms. The van der Waals surface area contributed by atoms with E-state index in [1.54, 1.807) is 19.9 Å². The van der Waals surface area contributed by atoms with Crippen LogP contribution in [0.25, 0.3) is 0 Å². The molecule has 2 heterocycles. The van der Waals surface area contributed by atoms with Crippen molar-refractivity contribution >= 4 is 11.7 Å². The molecule has 146 valence electrons. The van der Waals surface area contributed by atoms with Gasteiger partial charge in [-0.05, 0) is 33.3 Å². The van der Waals surface area contributed by atoms with Gasteiger partial charge in [-0.3, -0.25) is 0 Å². The van der Waals surface area contributed by atoms with Crippen LogP contribution in [-0.4, -0.2) is 51.2 Å². The van der Waals surface area contributed by atoms with Gasteiger partial charge in [0.25, 0.3) is 0 Å². The second-order valence-corrected chi connectivity index (χ2v) is 6.81. The number of pyridine rings is 1. The van der Waals surface area contributed by atoms with Crippen molar-refractivity contribution in [2.75, 3.05) is 11.9 Å². The molecule has 9 nitrogen and oxygen atoms in total. The summed E-state index contributed by atoms with van der Waals surface area (Å²) >= 11 is 0. The average Bonchev–Trinajstić information content (AvgIpc) is 3.08. The fourth-order valence-corrected chi connectivity index (χ4v) is 3.20. The lowest BCUT2D eigenvalue weighted by Crippen LogP contribution is -2.44. The molecule has 2 aromatic rings. The second-order valence-electron chi connectivity index (χ2n) is 6.81. The smallest absolute Gasteiger partial charge is 0.319 e. The molecule has 0 aliphatic heterocycles. The highest BCUT2D eigenvalue weighted by molar-refractivity contribution is 5.90. The zero-order chi connectivity index (χ0) is 19.6. The van der Waals surface area contributed by atoms with Crippen LogP contribution in [0, 0.1) is 26.7 Å². The fourth-order valence-electron chi connectivity index (χ4n) is 3.20. The molecule has 9 heteroatoms. The van der Waals surface area contributed by atoms with E-state index in [1.807, 2.05) is 19.1 Å². The van der Waals surface area contributed by atoms with Crippen LogP contribution in [0.3, 0.4) is 0 Å². The minimum atomic E-state index is -1.08. The molecule has 1 fully saturated rings. The van der Waals surface area contributed by atoms with Gasteiger partial charge in [0.05, 0.1) is 18.8 Å². The number of nitrogens with one attached hydrogen (secondary N) is 2. The molecule has 0 radical (unpaired) electrons. The third kappa shape index (κ3) is 4.37. The van der Waals surface area contributed by atoms with Gasteiger partial charge in [-0.15, -0.1) is 0 Å². The van der Waals surface area contributed by atoms with Gasteiger partial charge in [-0.25, -0.2) is 9.78 Å². The predicted octanol–water partition coefficient (Wildman–Crippen LogP) is 1.31. The van der Waals surface area contributed by atoms with Crippen LogP contribution in [0.1, 0.15) is 23.6 Å². The minimum Gasteiger partial charge on any atom is -0.477 e. The molecule has 1 saturated carbocycles. The first-order chi connectivity index (χ1) is 12.8. The molecular weight excluding hydrogens is 352 g/mol. The van der Waals surface area contributed by atoms with E-state index >= 15 is 0 Å². The van der Waals surface area contributed by atoms with Gasteiger partial charge >= 0.3 is 6.03 Å². The normalized spacial score (nSPS) is 24.6. The molecule has 2 amide bonds. The van der Waals surface area contributed by atoms with Gasteiger partial charge in [-0.1, -0.05) is 11.2 Å². The molecule has 4 unspecified atom stereocenters. The monoisotopic (exact) mass is 376 g/mol. The van der Waals surface area contributed by atoms with Crippen molar-refractivity contribution in [2.24, 2.45) is 5.92 Å². The number of urea groups is 1. The summed E-state index contributed by atoms with van der Waals surface area (Å²) in [7, 11) is 0. The summed E-state index contributed by atoms with van der Waals surface area (Å²) in [6, 6.07) is 4.33. The summed E-state index contributed by atoms with van der Waals surface area (Å²) in [6.45, 7) is 5.46. The van der Waals surface area contributed by atoms with Crippen molar-refractivity contribution in [3.8, 4) is 5.88 Å². The first-order valence-corrected chi connectivity index (χ1v) is 8.78. The molecular formula is C18H24N4O5. The molecule has 27 heavy (non-hydrogen) atoms. The lowest BCUT2D eigenvalue weighted by molar-refractivity contribution is 0.00308. The largest absolute Gasteiger partial charge is 0.477 e. The Hall–Kier alpha value is -2.65. The zero-order valence-corrected chi connectivity index (χ0v) is 15.5. The van der Waals surface area contributed by atoms with Gasteiger partial charge in [0.1, 0.15) is 17.5 Å². The van der Waals surface area contributed by atoms with Crippen molar-refractivity contribution in [3.05, 3.63) is 35.3 Å². The number of nitrogens with zero attached hydrogens (tertiary/aromatic N) is 2. The molecule has 4 N–H and O–H groups in total. The number of anilines is 1. The summed E-state index contributed by atoms with van der Waals surface area (Å²) in [5.41, 5.74) is 1.88. The van der Waals surface area contributed by atoms with Gasteiger partial charge in [-0.2, -0.15) is 0 Å². The Balaban J connectivity index is 1.55. The topological polar surface area (TPSA) is 130 Å². The molecule has 0 bridgehead atoms. The van der Waals surface area contributed by atoms with E-state index in [2.05, 4.69) is 20.8 Å². The quantitative estimate of drug-likeness (QED) is 0.619. The van der Waals surface area contributed by atoms with Crippen molar-refractivity contribution in [3.63, 3.8) is 0 Å². The number of ether oxygens (including phenoxy) is 1. The molecule has 3 rings (SSSR count). The molecule has 0 saturated heterocycles. The van der Waals surface area contributed by atoms with Gasteiger partial charge in [0.15, 0.2) is 5.76 Å². The number of aliphatic hydroxyl groups is 2. The lowest BCUT2D eigenvalue weighted by atomic mass is 10.1. The third-order valence-corrected chi connectivity index (χ3v) is 4.70. The van der Waals surface area contributed by atoms with Crippen LogP contribution in [0.4, 0.5) is 10.5 Å². The maximum atomic E-state index is 12.2. The SMILES string of the molecule is Cc1cccc(OCC2CC(NC(=O)Nc3c(C)noc3C)C(O)C2O)n1. The highest BCUT2D eigenvalue weighted by Crippen LogP contribution is 2.28. The maximum Gasteiger partial charge on any atom is 0.319 e. The highest BCUT2D eigenvalue weighted by atomic mass is 16.5. The lowest BCUT2D eigenvalue weighted by Gasteiger charge is -2.18. The van der Waals surface area contributed by atoms with Crippen molar-refractivity contribution in [1.29, 1.82) is 0 Å². The van der Waals surface area contributed by atoms with Crippen LogP contribution in [0.2, 0.25) is 0 Å². The van der Waals surface area contributed by atoms with Crippen LogP contribution in [-0.2, 0) is 0 Å². The number of aromatic nitrogens is 2. The number of hydrogen-bond acceptors (Lipinski definition) is 7. The van der Waals surface area contributed by atoms with E-state index in [1.165, 1.54) is 0 Å². The van der Waals surface area contributed by atoms with Gasteiger partial charge in [0, 0.05) is 17.7 Å². The molecule has 1 aliphatic rings. The van der Waals surface area contributed by atoms with Crippen LogP contribution in [0.15, 0.2) is 22.7 Å². The first kappa shape index (κ1) is 19.1. The third-order valence-electron chi connectivity index (χ3n) is 4.70. The number of carbonyl (C=O) groups is 1. The summed E-state index contributed by atoms with van der Waals surface area (Å²) < 4.78 is 10.6. The zero-order valence-electron chi connectivity index (χ0n) is 15.5. The van der Waals surface area contributed by atoms with Crippen molar-refractivity contribution in [1.82, 2.24) is 15.5 Å². The van der Waals surface area contributed by atoms with Crippen LogP contribution in [0.5, 0.6) is 5.88 Å². The van der Waals surface area contributed by atoms with Crippen molar-refractivity contribution < 1.29 is 24.3 Å². The molecule has 0 aromatic carbocycles. The number of aryl methyl sites for hydroxylation is 3.